The number of rotatable bonds is 7. The molecule has 7 rings (SSSR count). The van der Waals surface area contributed by atoms with Gasteiger partial charge < -0.3 is 24.3 Å². The van der Waals surface area contributed by atoms with Crippen molar-refractivity contribution in [2.75, 3.05) is 59.5 Å². The number of ether oxygens (including phenoxy) is 1. The van der Waals surface area contributed by atoms with Crippen molar-refractivity contribution >= 4 is 29.3 Å². The van der Waals surface area contributed by atoms with E-state index in [9.17, 15) is 14.4 Å². The average molecular weight is 668 g/mol. The molecule has 1 aromatic carbocycles. The van der Waals surface area contributed by atoms with Gasteiger partial charge in [0.2, 0.25) is 11.8 Å². The van der Waals surface area contributed by atoms with Crippen molar-refractivity contribution in [2.45, 2.75) is 108 Å². The molecule has 6 fully saturated rings. The van der Waals surface area contributed by atoms with Crippen molar-refractivity contribution in [1.29, 1.82) is 0 Å². The molecule has 2 saturated carbocycles. The fourth-order valence-corrected chi connectivity index (χ4v) is 9.20. The van der Waals surface area contributed by atoms with Crippen molar-refractivity contribution in [1.82, 2.24) is 24.5 Å². The molecule has 1 aromatic rings. The minimum absolute atomic E-state index is 0.0448. The van der Waals surface area contributed by atoms with Gasteiger partial charge in [0.1, 0.15) is 12.1 Å². The van der Waals surface area contributed by atoms with Gasteiger partial charge in [-0.25, -0.2) is 0 Å². The van der Waals surface area contributed by atoms with Gasteiger partial charge in [0.05, 0.1) is 12.0 Å². The summed E-state index contributed by atoms with van der Waals surface area (Å²) < 4.78 is 5.97. The third-order valence-corrected chi connectivity index (χ3v) is 12.5. The van der Waals surface area contributed by atoms with Crippen LogP contribution in [0.4, 0.5) is 0 Å². The van der Waals surface area contributed by atoms with Crippen LogP contribution in [0.15, 0.2) is 24.3 Å². The molecule has 0 radical (unpaired) electrons. The molecule has 0 spiro atoms. The number of piperazine rings is 1. The molecule has 6 aliphatic rings. The van der Waals surface area contributed by atoms with Crippen molar-refractivity contribution < 1.29 is 19.1 Å². The number of carbonyl (C=O) groups is 3. The van der Waals surface area contributed by atoms with E-state index in [4.69, 9.17) is 16.3 Å². The number of carbonyl (C=O) groups excluding carboxylic acids is 3. The van der Waals surface area contributed by atoms with Crippen molar-refractivity contribution in [3.05, 3.63) is 34.9 Å². The van der Waals surface area contributed by atoms with Crippen molar-refractivity contribution in [3.8, 4) is 0 Å². The number of hydrogen-bond donors (Lipinski definition) is 0. The maximum absolute atomic E-state index is 15.0. The van der Waals surface area contributed by atoms with Crippen LogP contribution in [0, 0.1) is 11.3 Å². The number of halogens is 1. The van der Waals surface area contributed by atoms with E-state index in [-0.39, 0.29) is 47.1 Å². The molecule has 47 heavy (non-hydrogen) atoms. The van der Waals surface area contributed by atoms with Gasteiger partial charge in [0, 0.05) is 75.4 Å². The lowest BCUT2D eigenvalue weighted by molar-refractivity contribution is -0.148. The van der Waals surface area contributed by atoms with Gasteiger partial charge in [-0.05, 0) is 87.9 Å². The van der Waals surface area contributed by atoms with E-state index in [1.54, 1.807) is 0 Å². The minimum Gasteiger partial charge on any atom is -0.368 e. The summed E-state index contributed by atoms with van der Waals surface area (Å²) in [6.07, 6.45) is 8.11. The summed E-state index contributed by atoms with van der Waals surface area (Å²) in [4.78, 5) is 54.4. The van der Waals surface area contributed by atoms with Crippen molar-refractivity contribution in [2.24, 2.45) is 11.3 Å². The molecule has 0 aromatic heterocycles. The maximum Gasteiger partial charge on any atom is 0.252 e. The second kappa shape index (κ2) is 13.6. The van der Waals surface area contributed by atoms with Crippen LogP contribution < -0.4 is 0 Å². The Bertz CT molecular complexity index is 1300. The fraction of sp³-hybridized carbons (Fsp3) is 0.757. The third-order valence-electron chi connectivity index (χ3n) is 12.2. The normalized spacial score (nSPS) is 32.2. The Morgan fingerprint density at radius 3 is 2.21 bits per heavy atom. The average Bonchev–Trinajstić information content (AvgIpc) is 3.42. The summed E-state index contributed by atoms with van der Waals surface area (Å²) >= 11 is 6.27. The highest BCUT2D eigenvalue weighted by Crippen LogP contribution is 2.43. The van der Waals surface area contributed by atoms with Gasteiger partial charge in [-0.15, -0.1) is 0 Å². The monoisotopic (exact) mass is 667 g/mol. The Kier molecular flexibility index (Phi) is 9.64. The molecule has 0 bridgehead atoms. The Labute approximate surface area is 285 Å². The third kappa shape index (κ3) is 7.10. The number of benzene rings is 1. The first kappa shape index (κ1) is 33.3. The van der Waals surface area contributed by atoms with Gasteiger partial charge in [0.15, 0.2) is 0 Å². The zero-order valence-electron chi connectivity index (χ0n) is 28.6. The van der Waals surface area contributed by atoms with Crippen LogP contribution in [0.25, 0.3) is 0 Å². The largest absolute Gasteiger partial charge is 0.368 e. The van der Waals surface area contributed by atoms with Gasteiger partial charge >= 0.3 is 0 Å². The van der Waals surface area contributed by atoms with E-state index in [2.05, 4.69) is 47.7 Å². The molecule has 4 saturated heterocycles. The van der Waals surface area contributed by atoms with E-state index in [1.165, 1.54) is 12.8 Å². The summed E-state index contributed by atoms with van der Waals surface area (Å²) in [5, 5.41) is 0.691. The van der Waals surface area contributed by atoms with Crippen molar-refractivity contribution in [3.63, 3.8) is 0 Å². The Morgan fingerprint density at radius 1 is 0.872 bits per heavy atom. The molecule has 0 unspecified atom stereocenters. The first-order chi connectivity index (χ1) is 22.6. The van der Waals surface area contributed by atoms with E-state index in [1.807, 2.05) is 21.9 Å². The second-order valence-electron chi connectivity index (χ2n) is 16.1. The highest BCUT2D eigenvalue weighted by molar-refractivity contribution is 6.30. The quantitative estimate of drug-likeness (QED) is 0.433. The standard InChI is InChI=1S/C37H54ClN5O4/c1-37(2)14-12-28(13-15-37)43(36(46)33-5-4-20-47-33)29-21-32(35(45)40-18-16-39(3)17-19-40)42(22-29)34(44)31-24-41(27-10-11-27)23-30(31)25-6-8-26(38)9-7-25/h6-9,27-33H,4-5,10-24H2,1-3H3/t29-,30-,31+,32+,33-/m0/s1. The molecule has 5 atom stereocenters. The maximum atomic E-state index is 15.0. The van der Waals surface area contributed by atoms with Crippen LogP contribution in [0.5, 0.6) is 0 Å². The van der Waals surface area contributed by atoms with E-state index < -0.39 is 12.1 Å². The Hall–Kier alpha value is -2.20. The molecule has 0 N–H and O–H groups in total. The Balaban J connectivity index is 1.19. The van der Waals surface area contributed by atoms with E-state index in [0.717, 1.165) is 63.7 Å². The van der Waals surface area contributed by atoms with E-state index in [0.29, 0.717) is 50.3 Å². The highest BCUT2D eigenvalue weighted by Gasteiger charge is 2.52. The number of likely N-dealkylation sites (tertiary alicyclic amines) is 2. The molecular formula is C37H54ClN5O4. The molecule has 3 amide bonds. The first-order valence-electron chi connectivity index (χ1n) is 18.3. The molecular weight excluding hydrogens is 614 g/mol. The summed E-state index contributed by atoms with van der Waals surface area (Å²) in [5.41, 5.74) is 1.40. The summed E-state index contributed by atoms with van der Waals surface area (Å²) in [6, 6.07) is 7.87. The predicted octanol–water partition coefficient (Wildman–Crippen LogP) is 4.24. The van der Waals surface area contributed by atoms with Crippen LogP contribution in [0.3, 0.4) is 0 Å². The van der Waals surface area contributed by atoms with E-state index >= 15 is 0 Å². The van der Waals surface area contributed by atoms with Gasteiger partial charge in [-0.1, -0.05) is 37.6 Å². The van der Waals surface area contributed by atoms with Crippen LogP contribution in [-0.4, -0.2) is 132 Å². The number of amides is 3. The second-order valence-corrected chi connectivity index (χ2v) is 16.6. The minimum atomic E-state index is -0.559. The smallest absolute Gasteiger partial charge is 0.252 e. The lowest BCUT2D eigenvalue weighted by Crippen LogP contribution is -2.54. The number of hydrogen-bond acceptors (Lipinski definition) is 6. The molecule has 4 aliphatic heterocycles. The fourth-order valence-electron chi connectivity index (χ4n) is 9.07. The zero-order valence-corrected chi connectivity index (χ0v) is 29.4. The van der Waals surface area contributed by atoms with Gasteiger partial charge in [-0.2, -0.15) is 0 Å². The van der Waals surface area contributed by atoms with Crippen LogP contribution in [-0.2, 0) is 19.1 Å². The SMILES string of the molecule is CN1CCN(C(=O)[C@H]2C[C@H](N(C(=O)[C@@H]3CCCO3)C3CCC(C)(C)CC3)CN2C(=O)[C@@H]2CN(C3CC3)C[C@H]2c2ccc(Cl)cc2)CC1. The summed E-state index contributed by atoms with van der Waals surface area (Å²) in [5.74, 6) is -0.0158. The molecule has 10 heteroatoms. The number of nitrogens with zero attached hydrogens (tertiary/aromatic N) is 5. The van der Waals surface area contributed by atoms with Gasteiger partial charge in [-0.3, -0.25) is 19.3 Å². The van der Waals surface area contributed by atoms with Crippen LogP contribution >= 0.6 is 11.6 Å². The highest BCUT2D eigenvalue weighted by atomic mass is 35.5. The van der Waals surface area contributed by atoms with Gasteiger partial charge in [0.25, 0.3) is 5.91 Å². The van der Waals surface area contributed by atoms with Crippen LogP contribution in [0.1, 0.15) is 83.1 Å². The summed E-state index contributed by atoms with van der Waals surface area (Å²) in [6.45, 7) is 10.2. The zero-order chi connectivity index (χ0) is 32.9. The Morgan fingerprint density at radius 2 is 1.57 bits per heavy atom. The lowest BCUT2D eigenvalue weighted by atomic mass is 9.75. The molecule has 2 aliphatic carbocycles. The first-order valence-corrected chi connectivity index (χ1v) is 18.7. The lowest BCUT2D eigenvalue weighted by Gasteiger charge is -2.43. The molecule has 9 nitrogen and oxygen atoms in total. The molecule has 4 heterocycles. The number of likely N-dealkylation sites (N-methyl/N-ethyl adjacent to an activating group) is 1. The predicted molar refractivity (Wildman–Crippen MR) is 182 cm³/mol. The van der Waals surface area contributed by atoms with Crippen LogP contribution in [0.2, 0.25) is 5.02 Å². The molecule has 258 valence electrons. The summed E-state index contributed by atoms with van der Waals surface area (Å²) in [7, 11) is 2.09. The topological polar surface area (TPSA) is 76.6 Å².